The van der Waals surface area contributed by atoms with E-state index in [0.29, 0.717) is 17.5 Å². The van der Waals surface area contributed by atoms with Crippen molar-refractivity contribution in [2.45, 2.75) is 32.0 Å². The fourth-order valence-corrected chi connectivity index (χ4v) is 4.70. The van der Waals surface area contributed by atoms with Gasteiger partial charge in [0.25, 0.3) is 5.22 Å². The van der Waals surface area contributed by atoms with Crippen molar-refractivity contribution in [2.75, 3.05) is 11.1 Å². The molecule has 3 aromatic carbocycles. The van der Waals surface area contributed by atoms with Gasteiger partial charge in [-0.25, -0.2) is 0 Å². The minimum absolute atomic E-state index is 0.100. The molecule has 5 rings (SSSR count). The number of amides is 1. The normalized spacial score (nSPS) is 11.3. The minimum Gasteiger partial charge on any atom is -0.416 e. The summed E-state index contributed by atoms with van der Waals surface area (Å²) in [7, 11) is 0. The lowest BCUT2D eigenvalue weighted by Gasteiger charge is -2.08. The number of anilines is 1. The molecule has 0 saturated carbocycles. The Hall–Kier alpha value is -3.58. The van der Waals surface area contributed by atoms with Gasteiger partial charge in [0.1, 0.15) is 0 Å². The lowest BCUT2D eigenvalue weighted by molar-refractivity contribution is -0.113. The number of aromatic nitrogens is 3. The zero-order valence-electron chi connectivity index (χ0n) is 18.5. The van der Waals surface area contributed by atoms with Crippen molar-refractivity contribution in [3.05, 3.63) is 83.7 Å². The van der Waals surface area contributed by atoms with Crippen LogP contribution < -0.4 is 5.32 Å². The van der Waals surface area contributed by atoms with Gasteiger partial charge in [-0.3, -0.25) is 4.79 Å². The quantitative estimate of drug-likeness (QED) is 0.315. The highest BCUT2D eigenvalue weighted by atomic mass is 32.2. The number of fused-ring (bicyclic) bond motifs is 3. The molecule has 166 valence electrons. The van der Waals surface area contributed by atoms with E-state index in [1.54, 1.807) is 0 Å². The Balaban J connectivity index is 1.22. The van der Waals surface area contributed by atoms with Gasteiger partial charge in [0.15, 0.2) is 0 Å². The second-order valence-corrected chi connectivity index (χ2v) is 8.98. The first-order chi connectivity index (χ1) is 16.1. The van der Waals surface area contributed by atoms with E-state index in [1.165, 1.54) is 39.1 Å². The molecule has 0 spiro atoms. The van der Waals surface area contributed by atoms with Crippen LogP contribution in [0.25, 0.3) is 21.8 Å². The van der Waals surface area contributed by atoms with Gasteiger partial charge in [0.05, 0.1) is 5.75 Å². The Morgan fingerprint density at radius 3 is 2.36 bits per heavy atom. The molecule has 2 heterocycles. The summed E-state index contributed by atoms with van der Waals surface area (Å²) >= 11 is 1.25. The van der Waals surface area contributed by atoms with Crippen LogP contribution in [0.5, 0.6) is 0 Å². The number of benzene rings is 3. The number of aryl methyl sites for hydroxylation is 4. The molecule has 5 aromatic rings. The Morgan fingerprint density at radius 1 is 0.970 bits per heavy atom. The van der Waals surface area contributed by atoms with E-state index in [0.717, 1.165) is 17.8 Å². The second-order valence-electron chi connectivity index (χ2n) is 8.05. The molecule has 0 aliphatic heterocycles. The maximum absolute atomic E-state index is 12.3. The molecule has 0 fully saturated rings. The first kappa shape index (κ1) is 21.3. The fourth-order valence-electron chi connectivity index (χ4n) is 4.12. The number of hydrogen-bond acceptors (Lipinski definition) is 5. The Labute approximate surface area is 196 Å². The summed E-state index contributed by atoms with van der Waals surface area (Å²) in [5, 5.41) is 14.1. The molecule has 0 radical (unpaired) electrons. The first-order valence-electron chi connectivity index (χ1n) is 10.9. The molecule has 1 amide bonds. The van der Waals surface area contributed by atoms with Crippen molar-refractivity contribution in [2.24, 2.45) is 0 Å². The van der Waals surface area contributed by atoms with E-state index in [9.17, 15) is 4.79 Å². The van der Waals surface area contributed by atoms with E-state index in [4.69, 9.17) is 4.42 Å². The van der Waals surface area contributed by atoms with Crippen molar-refractivity contribution in [1.29, 1.82) is 0 Å². The molecule has 0 atom stereocenters. The number of nitrogens with one attached hydrogen (secondary N) is 1. The zero-order chi connectivity index (χ0) is 22.8. The first-order valence-corrected chi connectivity index (χ1v) is 11.9. The van der Waals surface area contributed by atoms with Crippen LogP contribution in [-0.4, -0.2) is 26.4 Å². The summed E-state index contributed by atoms with van der Waals surface area (Å²) in [5.74, 6) is 0.674. The number of hydrogen-bond donors (Lipinski definition) is 1. The maximum Gasteiger partial charge on any atom is 0.277 e. The van der Waals surface area contributed by atoms with Crippen LogP contribution in [0.4, 0.5) is 5.69 Å². The number of para-hydroxylation sites is 2. The van der Waals surface area contributed by atoms with Gasteiger partial charge in [-0.2, -0.15) is 0 Å². The molecule has 7 heteroatoms. The van der Waals surface area contributed by atoms with Crippen LogP contribution in [0.2, 0.25) is 0 Å². The fraction of sp³-hybridized carbons (Fsp3) is 0.192. The standard InChI is InChI=1S/C26H24N4O2S/c1-17-11-12-21(18(2)15-17)27-24(31)16-33-26-29-28-25(32-26)13-14-30-22-9-5-3-7-19(22)20-8-4-6-10-23(20)30/h3-12,15H,13-14,16H2,1-2H3,(H,27,31). The summed E-state index contributed by atoms with van der Waals surface area (Å²) in [6.07, 6.45) is 0.616. The average molecular weight is 457 g/mol. The Morgan fingerprint density at radius 2 is 1.67 bits per heavy atom. The molecule has 2 aromatic heterocycles. The molecule has 33 heavy (non-hydrogen) atoms. The van der Waals surface area contributed by atoms with Gasteiger partial charge in [0, 0.05) is 40.5 Å². The molecule has 0 aliphatic rings. The number of carbonyl (C=O) groups excluding carboxylic acids is 1. The summed E-state index contributed by atoms with van der Waals surface area (Å²) < 4.78 is 8.08. The van der Waals surface area contributed by atoms with Gasteiger partial charge in [-0.05, 0) is 37.6 Å². The highest BCUT2D eigenvalue weighted by Crippen LogP contribution is 2.29. The smallest absolute Gasteiger partial charge is 0.277 e. The Bertz CT molecular complexity index is 1400. The molecule has 1 N–H and O–H groups in total. The molecule has 0 unspecified atom stereocenters. The van der Waals surface area contributed by atoms with Crippen molar-refractivity contribution in [3.8, 4) is 0 Å². The molecule has 0 bridgehead atoms. The molecule has 0 aliphatic carbocycles. The van der Waals surface area contributed by atoms with Gasteiger partial charge in [-0.15, -0.1) is 10.2 Å². The number of rotatable bonds is 7. The van der Waals surface area contributed by atoms with Crippen LogP contribution in [0.3, 0.4) is 0 Å². The molecular formula is C26H24N4O2S. The number of thioether (sulfide) groups is 1. The lowest BCUT2D eigenvalue weighted by atomic mass is 10.1. The second kappa shape index (κ2) is 9.11. The Kier molecular flexibility index (Phi) is 5.88. The monoisotopic (exact) mass is 456 g/mol. The van der Waals surface area contributed by atoms with Gasteiger partial charge in [0.2, 0.25) is 11.8 Å². The third-order valence-corrected chi connectivity index (χ3v) is 6.48. The number of carbonyl (C=O) groups is 1. The van der Waals surface area contributed by atoms with Crippen molar-refractivity contribution in [1.82, 2.24) is 14.8 Å². The average Bonchev–Trinajstić information content (AvgIpc) is 3.40. The predicted molar refractivity (Wildman–Crippen MR) is 133 cm³/mol. The van der Waals surface area contributed by atoms with Crippen LogP contribution in [-0.2, 0) is 17.8 Å². The van der Waals surface area contributed by atoms with Crippen molar-refractivity contribution >= 4 is 45.2 Å². The van der Waals surface area contributed by atoms with E-state index in [-0.39, 0.29) is 11.7 Å². The summed E-state index contributed by atoms with van der Waals surface area (Å²) in [6, 6.07) is 22.8. The van der Waals surface area contributed by atoms with Crippen LogP contribution in [0, 0.1) is 13.8 Å². The summed E-state index contributed by atoms with van der Waals surface area (Å²) in [5.41, 5.74) is 5.41. The highest BCUT2D eigenvalue weighted by molar-refractivity contribution is 7.99. The summed E-state index contributed by atoms with van der Waals surface area (Å²) in [4.78, 5) is 12.3. The molecule has 0 saturated heterocycles. The van der Waals surface area contributed by atoms with E-state index in [2.05, 4.69) is 68.6 Å². The van der Waals surface area contributed by atoms with Crippen molar-refractivity contribution in [3.63, 3.8) is 0 Å². The maximum atomic E-state index is 12.3. The van der Waals surface area contributed by atoms with E-state index < -0.39 is 0 Å². The topological polar surface area (TPSA) is 73.0 Å². The zero-order valence-corrected chi connectivity index (χ0v) is 19.4. The van der Waals surface area contributed by atoms with Crippen LogP contribution >= 0.6 is 11.8 Å². The molecule has 6 nitrogen and oxygen atoms in total. The number of nitrogens with zero attached hydrogens (tertiary/aromatic N) is 3. The SMILES string of the molecule is Cc1ccc(NC(=O)CSc2nnc(CCn3c4ccccc4c4ccccc43)o2)c(C)c1. The van der Waals surface area contributed by atoms with Crippen molar-refractivity contribution < 1.29 is 9.21 Å². The largest absolute Gasteiger partial charge is 0.416 e. The van der Waals surface area contributed by atoms with Gasteiger partial charge in [-0.1, -0.05) is 65.9 Å². The van der Waals surface area contributed by atoms with Gasteiger partial charge < -0.3 is 14.3 Å². The highest BCUT2D eigenvalue weighted by Gasteiger charge is 2.13. The lowest BCUT2D eigenvalue weighted by Crippen LogP contribution is -2.14. The van der Waals surface area contributed by atoms with Crippen LogP contribution in [0.15, 0.2) is 76.4 Å². The predicted octanol–water partition coefficient (Wildman–Crippen LogP) is 5.77. The summed E-state index contributed by atoms with van der Waals surface area (Å²) in [6.45, 7) is 4.74. The minimum atomic E-state index is -0.100. The third-order valence-electron chi connectivity index (χ3n) is 5.66. The third kappa shape index (κ3) is 4.50. The van der Waals surface area contributed by atoms with E-state index in [1.807, 2.05) is 32.0 Å². The van der Waals surface area contributed by atoms with Gasteiger partial charge >= 0.3 is 0 Å². The molecular weight excluding hydrogens is 432 g/mol. The van der Waals surface area contributed by atoms with Crippen LogP contribution in [0.1, 0.15) is 17.0 Å². The van der Waals surface area contributed by atoms with E-state index >= 15 is 0 Å².